The maximum absolute atomic E-state index is 5.81. The van der Waals surface area contributed by atoms with Gasteiger partial charge in [-0.25, -0.2) is 0 Å². The number of halogens is 1. The standard InChI is InChI=1S/C15H18ClN3O/c16-13-10-18-19(11-13)6-7-20-15-3-1-2-12(8-15)9-17-14-4-5-14/h1-3,8,10-11,14,17H,4-7,9H2. The molecule has 0 saturated heterocycles. The van der Waals surface area contributed by atoms with Gasteiger partial charge in [0.15, 0.2) is 0 Å². The van der Waals surface area contributed by atoms with E-state index in [9.17, 15) is 0 Å². The number of nitrogens with one attached hydrogen (secondary N) is 1. The van der Waals surface area contributed by atoms with Crippen LogP contribution in [0.2, 0.25) is 5.02 Å². The molecule has 1 fully saturated rings. The van der Waals surface area contributed by atoms with Gasteiger partial charge in [0.25, 0.3) is 0 Å². The van der Waals surface area contributed by atoms with Gasteiger partial charge in [0, 0.05) is 18.8 Å². The molecule has 5 heteroatoms. The SMILES string of the molecule is Clc1cnn(CCOc2cccc(CNC3CC3)c2)c1. The highest BCUT2D eigenvalue weighted by molar-refractivity contribution is 6.30. The minimum absolute atomic E-state index is 0.581. The summed E-state index contributed by atoms with van der Waals surface area (Å²) in [6.45, 7) is 2.19. The van der Waals surface area contributed by atoms with E-state index in [1.165, 1.54) is 18.4 Å². The van der Waals surface area contributed by atoms with Crippen LogP contribution in [0, 0.1) is 0 Å². The molecule has 0 atom stereocenters. The second-order valence-electron chi connectivity index (χ2n) is 5.07. The topological polar surface area (TPSA) is 39.1 Å². The Morgan fingerprint density at radius 3 is 3.05 bits per heavy atom. The first-order valence-electron chi connectivity index (χ1n) is 6.93. The molecule has 20 heavy (non-hydrogen) atoms. The van der Waals surface area contributed by atoms with Crippen molar-refractivity contribution in [1.82, 2.24) is 15.1 Å². The first kappa shape index (κ1) is 13.5. The Balaban J connectivity index is 1.47. The van der Waals surface area contributed by atoms with Crippen LogP contribution in [0.4, 0.5) is 0 Å². The monoisotopic (exact) mass is 291 g/mol. The summed E-state index contributed by atoms with van der Waals surface area (Å²) < 4.78 is 7.53. The molecule has 1 N–H and O–H groups in total. The molecular weight excluding hydrogens is 274 g/mol. The zero-order chi connectivity index (χ0) is 13.8. The molecule has 0 aliphatic heterocycles. The minimum atomic E-state index is 0.581. The zero-order valence-electron chi connectivity index (χ0n) is 11.3. The predicted molar refractivity (Wildman–Crippen MR) is 79.0 cm³/mol. The molecule has 1 aliphatic rings. The summed E-state index contributed by atoms with van der Waals surface area (Å²) in [6, 6.07) is 8.95. The summed E-state index contributed by atoms with van der Waals surface area (Å²) in [6.07, 6.45) is 6.04. The Bertz CT molecular complexity index is 566. The lowest BCUT2D eigenvalue weighted by Gasteiger charge is -2.08. The number of rotatable bonds is 7. The van der Waals surface area contributed by atoms with Crippen molar-refractivity contribution in [2.24, 2.45) is 0 Å². The molecule has 0 radical (unpaired) electrons. The lowest BCUT2D eigenvalue weighted by atomic mass is 10.2. The second kappa shape index (κ2) is 6.29. The number of hydrogen-bond acceptors (Lipinski definition) is 3. The molecule has 4 nitrogen and oxygen atoms in total. The van der Waals surface area contributed by atoms with Crippen molar-refractivity contribution in [2.45, 2.75) is 32.0 Å². The van der Waals surface area contributed by atoms with E-state index in [1.54, 1.807) is 17.1 Å². The van der Waals surface area contributed by atoms with Crippen LogP contribution in [0.3, 0.4) is 0 Å². The molecule has 0 spiro atoms. The molecular formula is C15H18ClN3O. The average molecular weight is 292 g/mol. The number of ether oxygens (including phenoxy) is 1. The molecule has 106 valence electrons. The Hall–Kier alpha value is -1.52. The van der Waals surface area contributed by atoms with Crippen molar-refractivity contribution in [3.63, 3.8) is 0 Å². The molecule has 0 bridgehead atoms. The van der Waals surface area contributed by atoms with Crippen molar-refractivity contribution in [3.8, 4) is 5.75 Å². The van der Waals surface area contributed by atoms with Gasteiger partial charge < -0.3 is 10.1 Å². The first-order valence-corrected chi connectivity index (χ1v) is 7.30. The van der Waals surface area contributed by atoms with Crippen molar-refractivity contribution < 1.29 is 4.74 Å². The number of hydrogen-bond donors (Lipinski definition) is 1. The summed E-state index contributed by atoms with van der Waals surface area (Å²) in [5.41, 5.74) is 1.26. The predicted octanol–water partition coefficient (Wildman–Crippen LogP) is 2.87. The van der Waals surface area contributed by atoms with Gasteiger partial charge in [-0.1, -0.05) is 23.7 Å². The highest BCUT2D eigenvalue weighted by Gasteiger charge is 2.19. The Kier molecular flexibility index (Phi) is 4.23. The molecule has 1 aromatic carbocycles. The summed E-state index contributed by atoms with van der Waals surface area (Å²) in [4.78, 5) is 0. The minimum Gasteiger partial charge on any atom is -0.492 e. The fourth-order valence-corrected chi connectivity index (χ4v) is 2.17. The maximum atomic E-state index is 5.81. The molecule has 1 aliphatic carbocycles. The lowest BCUT2D eigenvalue weighted by Crippen LogP contribution is -2.15. The normalized spacial score (nSPS) is 14.4. The molecule has 0 amide bonds. The zero-order valence-corrected chi connectivity index (χ0v) is 12.0. The van der Waals surface area contributed by atoms with Crippen molar-refractivity contribution in [3.05, 3.63) is 47.2 Å². The van der Waals surface area contributed by atoms with E-state index in [1.807, 2.05) is 12.1 Å². The maximum Gasteiger partial charge on any atom is 0.119 e. The summed E-state index contributed by atoms with van der Waals surface area (Å²) in [5, 5.41) is 8.27. The van der Waals surface area contributed by atoms with Crippen molar-refractivity contribution in [2.75, 3.05) is 6.61 Å². The van der Waals surface area contributed by atoms with E-state index >= 15 is 0 Å². The third-order valence-electron chi connectivity index (χ3n) is 3.26. The van der Waals surface area contributed by atoms with E-state index in [4.69, 9.17) is 16.3 Å². The molecule has 3 rings (SSSR count). The third kappa shape index (κ3) is 3.99. The average Bonchev–Trinajstić information content (AvgIpc) is 3.19. The van der Waals surface area contributed by atoms with E-state index in [-0.39, 0.29) is 0 Å². The van der Waals surface area contributed by atoms with Crippen LogP contribution in [0.15, 0.2) is 36.7 Å². The number of nitrogens with zero attached hydrogens (tertiary/aromatic N) is 2. The van der Waals surface area contributed by atoms with Crippen LogP contribution in [-0.2, 0) is 13.1 Å². The van der Waals surface area contributed by atoms with Crippen molar-refractivity contribution >= 4 is 11.6 Å². The van der Waals surface area contributed by atoms with Gasteiger partial charge in [0.2, 0.25) is 0 Å². The fourth-order valence-electron chi connectivity index (χ4n) is 2.01. The van der Waals surface area contributed by atoms with E-state index in [0.29, 0.717) is 18.2 Å². The highest BCUT2D eigenvalue weighted by atomic mass is 35.5. The second-order valence-corrected chi connectivity index (χ2v) is 5.51. The molecule has 1 aromatic heterocycles. The van der Waals surface area contributed by atoms with Crippen LogP contribution in [0.5, 0.6) is 5.75 Å². The lowest BCUT2D eigenvalue weighted by molar-refractivity contribution is 0.291. The van der Waals surface area contributed by atoms with Gasteiger partial charge in [-0.3, -0.25) is 4.68 Å². The van der Waals surface area contributed by atoms with Gasteiger partial charge in [-0.15, -0.1) is 0 Å². The summed E-state index contributed by atoms with van der Waals surface area (Å²) in [5.74, 6) is 0.901. The van der Waals surface area contributed by atoms with Gasteiger partial charge >= 0.3 is 0 Å². The van der Waals surface area contributed by atoms with Crippen LogP contribution in [0.1, 0.15) is 18.4 Å². The van der Waals surface area contributed by atoms with E-state index in [2.05, 4.69) is 22.5 Å². The Morgan fingerprint density at radius 1 is 1.40 bits per heavy atom. The number of aromatic nitrogens is 2. The Morgan fingerprint density at radius 2 is 2.30 bits per heavy atom. The summed E-state index contributed by atoms with van der Waals surface area (Å²) >= 11 is 5.81. The quantitative estimate of drug-likeness (QED) is 0.852. The summed E-state index contributed by atoms with van der Waals surface area (Å²) in [7, 11) is 0. The van der Waals surface area contributed by atoms with Crippen LogP contribution < -0.4 is 10.1 Å². The van der Waals surface area contributed by atoms with Crippen molar-refractivity contribution in [1.29, 1.82) is 0 Å². The van der Waals surface area contributed by atoms with Crippen LogP contribution in [0.25, 0.3) is 0 Å². The molecule has 1 saturated carbocycles. The fraction of sp³-hybridized carbons (Fsp3) is 0.400. The van der Waals surface area contributed by atoms with Gasteiger partial charge in [-0.2, -0.15) is 5.10 Å². The third-order valence-corrected chi connectivity index (χ3v) is 3.46. The molecule has 2 aromatic rings. The smallest absolute Gasteiger partial charge is 0.119 e. The first-order chi connectivity index (χ1) is 9.79. The van der Waals surface area contributed by atoms with Gasteiger partial charge in [0.1, 0.15) is 12.4 Å². The Labute approximate surface area is 123 Å². The van der Waals surface area contributed by atoms with Crippen LogP contribution >= 0.6 is 11.6 Å². The highest BCUT2D eigenvalue weighted by Crippen LogP contribution is 2.20. The number of benzene rings is 1. The largest absolute Gasteiger partial charge is 0.492 e. The van der Waals surface area contributed by atoms with Crippen LogP contribution in [-0.4, -0.2) is 22.4 Å². The molecule has 0 unspecified atom stereocenters. The van der Waals surface area contributed by atoms with Gasteiger partial charge in [0.05, 0.1) is 17.8 Å². The molecule has 1 heterocycles. The van der Waals surface area contributed by atoms with Gasteiger partial charge in [-0.05, 0) is 30.5 Å². The van der Waals surface area contributed by atoms with E-state index < -0.39 is 0 Å². The van der Waals surface area contributed by atoms with E-state index in [0.717, 1.165) is 18.3 Å².